The van der Waals surface area contributed by atoms with Crippen LogP contribution in [-0.4, -0.2) is 26.1 Å². The lowest BCUT2D eigenvalue weighted by molar-refractivity contribution is 0.0941. The topological polar surface area (TPSA) is 85.8 Å². The summed E-state index contributed by atoms with van der Waals surface area (Å²) in [5.41, 5.74) is 2.77. The monoisotopic (exact) mass is 393 g/mol. The van der Waals surface area contributed by atoms with Crippen molar-refractivity contribution in [3.63, 3.8) is 0 Å². The number of aromatic nitrogens is 4. The molecule has 0 aliphatic rings. The predicted octanol–water partition coefficient (Wildman–Crippen LogP) is 3.56. The maximum Gasteiger partial charge on any atom is 0.273 e. The predicted molar refractivity (Wildman–Crippen MR) is 104 cm³/mol. The fourth-order valence-corrected chi connectivity index (χ4v) is 2.79. The molecular weight excluding hydrogens is 378 g/mol. The zero-order valence-electron chi connectivity index (χ0n) is 14.7. The van der Waals surface area contributed by atoms with Crippen molar-refractivity contribution in [3.8, 4) is 11.3 Å². The van der Waals surface area contributed by atoms with Gasteiger partial charge in [0.15, 0.2) is 11.5 Å². The van der Waals surface area contributed by atoms with Crippen LogP contribution in [0.15, 0.2) is 71.4 Å². The summed E-state index contributed by atoms with van der Waals surface area (Å²) in [6.07, 6.45) is 1.80. The van der Waals surface area contributed by atoms with Crippen LogP contribution in [0.25, 0.3) is 11.3 Å². The first kappa shape index (κ1) is 17.9. The zero-order chi connectivity index (χ0) is 19.3. The summed E-state index contributed by atoms with van der Waals surface area (Å²) in [5, 5.41) is 15.4. The van der Waals surface area contributed by atoms with Crippen LogP contribution in [-0.2, 0) is 13.1 Å². The van der Waals surface area contributed by atoms with Gasteiger partial charge >= 0.3 is 0 Å². The van der Waals surface area contributed by atoms with Crippen molar-refractivity contribution in [2.24, 2.45) is 0 Å². The van der Waals surface area contributed by atoms with Crippen LogP contribution in [0.3, 0.4) is 0 Å². The number of hydrogen-bond donors (Lipinski definition) is 1. The highest BCUT2D eigenvalue weighted by Crippen LogP contribution is 2.22. The lowest BCUT2D eigenvalue weighted by atomic mass is 10.1. The van der Waals surface area contributed by atoms with E-state index in [9.17, 15) is 4.79 Å². The molecular formula is C20H16ClN5O2. The van der Waals surface area contributed by atoms with Crippen molar-refractivity contribution in [2.45, 2.75) is 13.1 Å². The van der Waals surface area contributed by atoms with Crippen LogP contribution in [0, 0.1) is 0 Å². The Morgan fingerprint density at radius 1 is 1.11 bits per heavy atom. The van der Waals surface area contributed by atoms with Crippen molar-refractivity contribution >= 4 is 17.5 Å². The molecule has 2 heterocycles. The average Bonchev–Trinajstić information content (AvgIpc) is 3.37. The van der Waals surface area contributed by atoms with Crippen molar-refractivity contribution in [3.05, 3.63) is 88.8 Å². The number of benzene rings is 2. The van der Waals surface area contributed by atoms with E-state index >= 15 is 0 Å². The maximum atomic E-state index is 12.3. The standard InChI is InChI=1S/C20H16ClN5O2/c21-16-8-6-15(7-9-16)19-10-18(24-28-19)20(27)22-11-17-13-26(25-23-17)12-14-4-2-1-3-5-14/h1-10,13H,11-12H2,(H,22,27). The Labute approximate surface area is 165 Å². The van der Waals surface area contributed by atoms with Gasteiger partial charge in [0.1, 0.15) is 5.69 Å². The van der Waals surface area contributed by atoms with Crippen molar-refractivity contribution in [2.75, 3.05) is 0 Å². The number of hydrogen-bond acceptors (Lipinski definition) is 5. The van der Waals surface area contributed by atoms with E-state index in [4.69, 9.17) is 16.1 Å². The lowest BCUT2D eigenvalue weighted by Crippen LogP contribution is -2.23. The van der Waals surface area contributed by atoms with Gasteiger partial charge < -0.3 is 9.84 Å². The molecule has 2 aromatic heterocycles. The van der Waals surface area contributed by atoms with E-state index in [1.54, 1.807) is 41.2 Å². The fraction of sp³-hybridized carbons (Fsp3) is 0.100. The Balaban J connectivity index is 1.35. The van der Waals surface area contributed by atoms with Gasteiger partial charge in [-0.3, -0.25) is 4.79 Å². The third kappa shape index (κ3) is 4.27. The van der Waals surface area contributed by atoms with E-state index < -0.39 is 0 Å². The molecule has 8 heteroatoms. The summed E-state index contributed by atoms with van der Waals surface area (Å²) in [7, 11) is 0. The van der Waals surface area contributed by atoms with Crippen LogP contribution in [0.4, 0.5) is 0 Å². The first-order valence-electron chi connectivity index (χ1n) is 8.61. The van der Waals surface area contributed by atoms with Gasteiger partial charge in [-0.15, -0.1) is 5.10 Å². The van der Waals surface area contributed by atoms with Gasteiger partial charge in [0, 0.05) is 16.7 Å². The molecule has 0 unspecified atom stereocenters. The molecule has 4 rings (SSSR count). The molecule has 1 N–H and O–H groups in total. The molecule has 4 aromatic rings. The molecule has 0 radical (unpaired) electrons. The summed E-state index contributed by atoms with van der Waals surface area (Å²) in [6.45, 7) is 0.867. The number of nitrogens with one attached hydrogen (secondary N) is 1. The van der Waals surface area contributed by atoms with Crippen LogP contribution in [0.1, 0.15) is 21.7 Å². The Morgan fingerprint density at radius 3 is 2.68 bits per heavy atom. The van der Waals surface area contributed by atoms with Gasteiger partial charge in [0.05, 0.1) is 19.3 Å². The van der Waals surface area contributed by atoms with Gasteiger partial charge in [-0.2, -0.15) is 0 Å². The second-order valence-electron chi connectivity index (χ2n) is 6.16. The van der Waals surface area contributed by atoms with Gasteiger partial charge in [0.2, 0.25) is 0 Å². The lowest BCUT2D eigenvalue weighted by Gasteiger charge is -2.00. The molecule has 0 aliphatic heterocycles. The number of nitrogens with zero attached hydrogens (tertiary/aromatic N) is 4. The van der Waals surface area contributed by atoms with Gasteiger partial charge in [-0.05, 0) is 29.8 Å². The Kier molecular flexibility index (Phi) is 5.16. The van der Waals surface area contributed by atoms with Crippen LogP contribution >= 0.6 is 11.6 Å². The molecule has 0 spiro atoms. The van der Waals surface area contributed by atoms with E-state index in [1.807, 2.05) is 30.3 Å². The largest absolute Gasteiger partial charge is 0.355 e. The van der Waals surface area contributed by atoms with Gasteiger partial charge in [-0.25, -0.2) is 4.68 Å². The number of carbonyl (C=O) groups excluding carboxylic acids is 1. The normalized spacial score (nSPS) is 10.8. The van der Waals surface area contributed by atoms with Crippen molar-refractivity contribution < 1.29 is 9.32 Å². The molecule has 0 saturated carbocycles. The number of rotatable bonds is 6. The second-order valence-corrected chi connectivity index (χ2v) is 6.60. The van der Waals surface area contributed by atoms with Crippen LogP contribution in [0.5, 0.6) is 0 Å². The van der Waals surface area contributed by atoms with E-state index in [2.05, 4.69) is 20.8 Å². The molecule has 0 atom stereocenters. The van der Waals surface area contributed by atoms with Crippen LogP contribution < -0.4 is 5.32 Å². The van der Waals surface area contributed by atoms with E-state index in [0.717, 1.165) is 11.1 Å². The molecule has 0 fully saturated rings. The fourth-order valence-electron chi connectivity index (χ4n) is 2.66. The van der Waals surface area contributed by atoms with E-state index in [0.29, 0.717) is 23.0 Å². The summed E-state index contributed by atoms with van der Waals surface area (Å²) < 4.78 is 6.98. The second kappa shape index (κ2) is 8.06. The van der Waals surface area contributed by atoms with E-state index in [1.165, 1.54) is 0 Å². The van der Waals surface area contributed by atoms with Gasteiger partial charge in [0.25, 0.3) is 5.91 Å². The van der Waals surface area contributed by atoms with Crippen molar-refractivity contribution in [1.29, 1.82) is 0 Å². The Hall–Kier alpha value is -3.45. The SMILES string of the molecule is O=C(NCc1cn(Cc2ccccc2)nn1)c1cc(-c2ccc(Cl)cc2)on1. The van der Waals surface area contributed by atoms with Gasteiger partial charge in [-0.1, -0.05) is 52.3 Å². The number of halogens is 1. The molecule has 140 valence electrons. The third-order valence-electron chi connectivity index (χ3n) is 4.08. The first-order chi connectivity index (χ1) is 13.7. The molecule has 1 amide bonds. The minimum Gasteiger partial charge on any atom is -0.355 e. The summed E-state index contributed by atoms with van der Waals surface area (Å²) >= 11 is 5.88. The molecule has 28 heavy (non-hydrogen) atoms. The van der Waals surface area contributed by atoms with Crippen molar-refractivity contribution in [1.82, 2.24) is 25.5 Å². The molecule has 7 nitrogen and oxygen atoms in total. The maximum absolute atomic E-state index is 12.3. The smallest absolute Gasteiger partial charge is 0.273 e. The minimum atomic E-state index is -0.346. The Bertz CT molecular complexity index is 1070. The molecule has 2 aromatic carbocycles. The number of amides is 1. The average molecular weight is 394 g/mol. The first-order valence-corrected chi connectivity index (χ1v) is 8.99. The Morgan fingerprint density at radius 2 is 1.89 bits per heavy atom. The third-order valence-corrected chi connectivity index (χ3v) is 4.33. The molecule has 0 bridgehead atoms. The quantitative estimate of drug-likeness (QED) is 0.541. The summed E-state index contributed by atoms with van der Waals surface area (Å²) in [6, 6.07) is 18.6. The number of carbonyl (C=O) groups is 1. The molecule has 0 aliphatic carbocycles. The summed E-state index contributed by atoms with van der Waals surface area (Å²) in [5.74, 6) is 0.150. The van der Waals surface area contributed by atoms with E-state index in [-0.39, 0.29) is 18.1 Å². The molecule has 0 saturated heterocycles. The highest BCUT2D eigenvalue weighted by Gasteiger charge is 2.14. The zero-order valence-corrected chi connectivity index (χ0v) is 15.5. The highest BCUT2D eigenvalue weighted by molar-refractivity contribution is 6.30. The minimum absolute atomic E-state index is 0.196. The van der Waals surface area contributed by atoms with Crippen LogP contribution in [0.2, 0.25) is 5.02 Å². The summed E-state index contributed by atoms with van der Waals surface area (Å²) in [4.78, 5) is 12.3. The highest BCUT2D eigenvalue weighted by atomic mass is 35.5.